The number of carbonyl (C=O) groups excluding carboxylic acids is 3. The van der Waals surface area contributed by atoms with Gasteiger partial charge in [0.15, 0.2) is 6.10 Å². The van der Waals surface area contributed by atoms with Crippen LogP contribution in [0.25, 0.3) is 0 Å². The molecule has 68 heavy (non-hydrogen) atoms. The van der Waals surface area contributed by atoms with Crippen LogP contribution in [0.15, 0.2) is 12.2 Å². The molecule has 0 aliphatic carbocycles. The van der Waals surface area contributed by atoms with E-state index in [-0.39, 0.29) is 31.1 Å². The number of carbonyl (C=O) groups is 3. The summed E-state index contributed by atoms with van der Waals surface area (Å²) in [5, 5.41) is 0. The Morgan fingerprint density at radius 2 is 0.485 bits per heavy atom. The van der Waals surface area contributed by atoms with Gasteiger partial charge in [-0.15, -0.1) is 0 Å². The third-order valence-electron chi connectivity index (χ3n) is 14.0. The number of hydrogen-bond donors (Lipinski definition) is 0. The zero-order valence-corrected chi connectivity index (χ0v) is 46.2. The molecule has 0 aliphatic rings. The first-order chi connectivity index (χ1) is 33.5. The van der Waals surface area contributed by atoms with Crippen molar-refractivity contribution in [2.75, 3.05) is 13.2 Å². The minimum absolute atomic E-state index is 0.0642. The summed E-state index contributed by atoms with van der Waals surface area (Å²) in [5.74, 6) is -0.858. The van der Waals surface area contributed by atoms with Crippen molar-refractivity contribution in [1.29, 1.82) is 0 Å². The smallest absolute Gasteiger partial charge is 0.306 e. The molecule has 6 nitrogen and oxygen atoms in total. The molecular formula is C62H118O6. The molecule has 0 aromatic heterocycles. The second kappa shape index (κ2) is 57.7. The van der Waals surface area contributed by atoms with E-state index in [1.807, 2.05) is 0 Å². The van der Waals surface area contributed by atoms with Gasteiger partial charge in [0.1, 0.15) is 13.2 Å². The number of rotatable bonds is 57. The van der Waals surface area contributed by atoms with E-state index < -0.39 is 6.10 Å². The predicted molar refractivity (Wildman–Crippen MR) is 293 cm³/mol. The van der Waals surface area contributed by atoms with Crippen molar-refractivity contribution in [3.8, 4) is 0 Å². The first-order valence-corrected chi connectivity index (χ1v) is 30.7. The SMILES string of the molecule is CCCCCCCCCC/C=C\CCCCCCCCCCCCCCCCCCCCCCCCCC(=O)OCC(COC(=O)CCCCCCCCC)OC(=O)CCCCCCCCCC. The predicted octanol–water partition coefficient (Wildman–Crippen LogP) is 20.5. The molecule has 6 heteroatoms. The summed E-state index contributed by atoms with van der Waals surface area (Å²) in [6.07, 6.45) is 67.2. The standard InChI is InChI=1S/C62H118O6/c1-4-7-10-13-16-18-19-20-21-22-23-24-25-26-27-28-29-30-31-32-33-34-35-36-37-38-39-40-41-42-43-44-47-49-52-55-61(64)67-58-59(57-66-60(63)54-51-48-45-15-12-9-6-3)68-62(65)56-53-50-46-17-14-11-8-5-2/h22-23,59H,4-21,24-58H2,1-3H3/b23-22-. The van der Waals surface area contributed by atoms with Gasteiger partial charge in [-0.2, -0.15) is 0 Å². The quantitative estimate of drug-likeness (QED) is 0.0262. The average molecular weight is 960 g/mol. The molecule has 1 unspecified atom stereocenters. The first kappa shape index (κ1) is 66.2. The average Bonchev–Trinajstić information content (AvgIpc) is 3.34. The van der Waals surface area contributed by atoms with Crippen molar-refractivity contribution in [1.82, 2.24) is 0 Å². The summed E-state index contributed by atoms with van der Waals surface area (Å²) in [4.78, 5) is 37.7. The van der Waals surface area contributed by atoms with Gasteiger partial charge in [0.05, 0.1) is 0 Å². The van der Waals surface area contributed by atoms with E-state index in [9.17, 15) is 14.4 Å². The van der Waals surface area contributed by atoms with Gasteiger partial charge in [-0.1, -0.05) is 296 Å². The normalized spacial score (nSPS) is 12.0. The maximum absolute atomic E-state index is 12.7. The maximum atomic E-state index is 12.7. The van der Waals surface area contributed by atoms with Crippen LogP contribution in [-0.4, -0.2) is 37.2 Å². The molecule has 0 saturated carbocycles. The number of ether oxygens (including phenoxy) is 3. The second-order valence-electron chi connectivity index (χ2n) is 21.0. The van der Waals surface area contributed by atoms with Crippen molar-refractivity contribution in [3.05, 3.63) is 12.2 Å². The van der Waals surface area contributed by atoms with Crippen LogP contribution in [0.2, 0.25) is 0 Å². The highest BCUT2D eigenvalue weighted by Crippen LogP contribution is 2.18. The molecule has 402 valence electrons. The number of unbranched alkanes of at least 4 members (excludes halogenated alkanes) is 44. The van der Waals surface area contributed by atoms with E-state index in [1.165, 1.54) is 250 Å². The Kier molecular flexibility index (Phi) is 56.2. The van der Waals surface area contributed by atoms with Crippen molar-refractivity contribution >= 4 is 17.9 Å². The largest absolute Gasteiger partial charge is 0.462 e. The summed E-state index contributed by atoms with van der Waals surface area (Å²) >= 11 is 0. The van der Waals surface area contributed by atoms with Crippen LogP contribution >= 0.6 is 0 Å². The Bertz CT molecular complexity index is 1060. The molecule has 0 bridgehead atoms. The van der Waals surface area contributed by atoms with Gasteiger partial charge in [-0.25, -0.2) is 0 Å². The lowest BCUT2D eigenvalue weighted by molar-refractivity contribution is -0.167. The van der Waals surface area contributed by atoms with Crippen LogP contribution in [-0.2, 0) is 28.6 Å². The third kappa shape index (κ3) is 55.1. The van der Waals surface area contributed by atoms with E-state index in [1.54, 1.807) is 0 Å². The number of allylic oxidation sites excluding steroid dienone is 2. The first-order valence-electron chi connectivity index (χ1n) is 30.7. The monoisotopic (exact) mass is 959 g/mol. The molecule has 0 fully saturated rings. The van der Waals surface area contributed by atoms with E-state index in [0.717, 1.165) is 57.8 Å². The Hall–Kier alpha value is -1.85. The van der Waals surface area contributed by atoms with Gasteiger partial charge in [0.25, 0.3) is 0 Å². The minimum Gasteiger partial charge on any atom is -0.462 e. The van der Waals surface area contributed by atoms with Crippen LogP contribution < -0.4 is 0 Å². The minimum atomic E-state index is -0.759. The summed E-state index contributed by atoms with van der Waals surface area (Å²) in [6.45, 7) is 6.61. The third-order valence-corrected chi connectivity index (χ3v) is 14.0. The van der Waals surface area contributed by atoms with Crippen molar-refractivity contribution in [3.63, 3.8) is 0 Å². The summed E-state index contributed by atoms with van der Waals surface area (Å²) in [6, 6.07) is 0. The lowest BCUT2D eigenvalue weighted by Crippen LogP contribution is -2.30. The fraction of sp³-hybridized carbons (Fsp3) is 0.919. The van der Waals surface area contributed by atoms with Gasteiger partial charge in [-0.05, 0) is 44.9 Å². The molecule has 0 heterocycles. The van der Waals surface area contributed by atoms with Crippen molar-refractivity contribution < 1.29 is 28.6 Å². The highest BCUT2D eigenvalue weighted by atomic mass is 16.6. The molecule has 0 aromatic rings. The lowest BCUT2D eigenvalue weighted by Gasteiger charge is -2.18. The Labute approximate surface area is 424 Å². The van der Waals surface area contributed by atoms with E-state index in [0.29, 0.717) is 19.3 Å². The van der Waals surface area contributed by atoms with Crippen LogP contribution in [0.4, 0.5) is 0 Å². The molecular weight excluding hydrogens is 841 g/mol. The van der Waals surface area contributed by atoms with Crippen LogP contribution in [0.1, 0.15) is 348 Å². The summed E-state index contributed by atoms with van der Waals surface area (Å²) in [5.41, 5.74) is 0. The van der Waals surface area contributed by atoms with Gasteiger partial charge >= 0.3 is 17.9 Å². The Morgan fingerprint density at radius 3 is 0.735 bits per heavy atom. The lowest BCUT2D eigenvalue weighted by atomic mass is 10.0. The van der Waals surface area contributed by atoms with Crippen LogP contribution in [0.3, 0.4) is 0 Å². The van der Waals surface area contributed by atoms with Gasteiger partial charge < -0.3 is 14.2 Å². The number of hydrogen-bond acceptors (Lipinski definition) is 6. The molecule has 1 atom stereocenters. The highest BCUT2D eigenvalue weighted by Gasteiger charge is 2.19. The fourth-order valence-corrected chi connectivity index (χ4v) is 9.38. The van der Waals surface area contributed by atoms with Gasteiger partial charge in [-0.3, -0.25) is 14.4 Å². The zero-order chi connectivity index (χ0) is 49.3. The second-order valence-corrected chi connectivity index (χ2v) is 21.0. The van der Waals surface area contributed by atoms with Crippen molar-refractivity contribution in [2.24, 2.45) is 0 Å². The van der Waals surface area contributed by atoms with Crippen molar-refractivity contribution in [2.45, 2.75) is 354 Å². The van der Waals surface area contributed by atoms with Gasteiger partial charge in [0.2, 0.25) is 0 Å². The van der Waals surface area contributed by atoms with Gasteiger partial charge in [0, 0.05) is 19.3 Å². The molecule has 0 aliphatic heterocycles. The topological polar surface area (TPSA) is 78.9 Å². The zero-order valence-electron chi connectivity index (χ0n) is 46.2. The molecule has 0 amide bonds. The summed E-state index contributed by atoms with van der Waals surface area (Å²) < 4.78 is 16.7. The number of esters is 3. The van der Waals surface area contributed by atoms with E-state index in [4.69, 9.17) is 14.2 Å². The molecule has 0 N–H and O–H groups in total. The summed E-state index contributed by atoms with van der Waals surface area (Å²) in [7, 11) is 0. The molecule has 0 spiro atoms. The van der Waals surface area contributed by atoms with Crippen LogP contribution in [0, 0.1) is 0 Å². The highest BCUT2D eigenvalue weighted by molar-refractivity contribution is 5.71. The maximum Gasteiger partial charge on any atom is 0.306 e. The fourth-order valence-electron chi connectivity index (χ4n) is 9.38. The molecule has 0 aromatic carbocycles. The molecule has 0 saturated heterocycles. The Balaban J connectivity index is 3.76. The molecule has 0 radical (unpaired) electrons. The van der Waals surface area contributed by atoms with Crippen LogP contribution in [0.5, 0.6) is 0 Å². The van der Waals surface area contributed by atoms with E-state index >= 15 is 0 Å². The van der Waals surface area contributed by atoms with E-state index in [2.05, 4.69) is 32.9 Å². The Morgan fingerprint density at radius 1 is 0.279 bits per heavy atom. The molecule has 0 rings (SSSR count).